The predicted octanol–water partition coefficient (Wildman–Crippen LogP) is 5.06. The summed E-state index contributed by atoms with van der Waals surface area (Å²) in [7, 11) is 1.58. The van der Waals surface area contributed by atoms with Gasteiger partial charge in [-0.1, -0.05) is 12.1 Å². The first-order valence-electron chi connectivity index (χ1n) is 9.19. The number of rotatable bonds is 8. The maximum Gasteiger partial charge on any atom is 0.255 e. The minimum absolute atomic E-state index is 0.202. The minimum atomic E-state index is -0.361. The van der Waals surface area contributed by atoms with Crippen LogP contribution in [-0.4, -0.2) is 19.6 Å². The first kappa shape index (κ1) is 20.2. The van der Waals surface area contributed by atoms with Gasteiger partial charge in [-0.15, -0.1) is 0 Å². The fraction of sp³-hybridized carbons (Fsp3) is 0.174. The Bertz CT molecular complexity index is 973. The monoisotopic (exact) mass is 395 g/mol. The number of hydrogen-bond acceptors (Lipinski definition) is 4. The molecule has 5 nitrogen and oxygen atoms in total. The Kier molecular flexibility index (Phi) is 6.68. The van der Waals surface area contributed by atoms with Crippen LogP contribution in [0.5, 0.6) is 17.2 Å². The van der Waals surface area contributed by atoms with Crippen molar-refractivity contribution in [1.29, 1.82) is 0 Å². The van der Waals surface area contributed by atoms with Crippen molar-refractivity contribution in [1.82, 2.24) is 0 Å². The third-order valence-electron chi connectivity index (χ3n) is 4.18. The lowest BCUT2D eigenvalue weighted by molar-refractivity contribution is 0.102. The zero-order valence-electron chi connectivity index (χ0n) is 16.3. The molecular weight excluding hydrogens is 373 g/mol. The van der Waals surface area contributed by atoms with Crippen molar-refractivity contribution in [2.75, 3.05) is 19.0 Å². The highest BCUT2D eigenvalue weighted by Gasteiger charge is 2.13. The molecule has 150 valence electrons. The molecule has 0 heterocycles. The molecule has 0 atom stereocenters. The molecule has 0 fully saturated rings. The van der Waals surface area contributed by atoms with Crippen LogP contribution in [0.4, 0.5) is 10.1 Å². The van der Waals surface area contributed by atoms with Crippen LogP contribution < -0.4 is 19.5 Å². The zero-order valence-corrected chi connectivity index (χ0v) is 16.3. The molecule has 6 heteroatoms. The lowest BCUT2D eigenvalue weighted by Gasteiger charge is -2.15. The summed E-state index contributed by atoms with van der Waals surface area (Å²) in [5.41, 5.74) is 1.68. The third-order valence-corrected chi connectivity index (χ3v) is 4.18. The molecule has 0 aromatic heterocycles. The maximum absolute atomic E-state index is 13.0. The van der Waals surface area contributed by atoms with E-state index in [1.807, 2.05) is 31.2 Å². The number of amides is 1. The number of benzene rings is 3. The van der Waals surface area contributed by atoms with Crippen molar-refractivity contribution in [2.45, 2.75) is 13.5 Å². The summed E-state index contributed by atoms with van der Waals surface area (Å²) in [6.45, 7) is 2.58. The summed E-state index contributed by atoms with van der Waals surface area (Å²) in [6, 6.07) is 18.1. The van der Waals surface area contributed by atoms with Crippen molar-refractivity contribution in [3.63, 3.8) is 0 Å². The number of ether oxygens (including phenoxy) is 3. The molecule has 0 saturated carbocycles. The van der Waals surface area contributed by atoms with Gasteiger partial charge >= 0.3 is 0 Å². The molecule has 0 saturated heterocycles. The van der Waals surface area contributed by atoms with E-state index in [-0.39, 0.29) is 18.3 Å². The first-order valence-corrected chi connectivity index (χ1v) is 9.19. The van der Waals surface area contributed by atoms with Crippen LogP contribution in [0.15, 0.2) is 66.7 Å². The summed E-state index contributed by atoms with van der Waals surface area (Å²) in [6.07, 6.45) is 0. The predicted molar refractivity (Wildman–Crippen MR) is 109 cm³/mol. The van der Waals surface area contributed by atoms with Crippen molar-refractivity contribution in [2.24, 2.45) is 0 Å². The number of anilines is 1. The van der Waals surface area contributed by atoms with E-state index in [9.17, 15) is 9.18 Å². The molecule has 0 aliphatic heterocycles. The third kappa shape index (κ3) is 5.25. The number of nitrogens with one attached hydrogen (secondary N) is 1. The standard InChI is InChI=1S/C23H22FNO4/c1-3-28-20-13-8-16(23(26)25-19-11-9-18(24)10-12-19)14-17(20)15-29-22-7-5-4-6-21(22)27-2/h4-14H,3,15H2,1-2H3,(H,25,26). The van der Waals surface area contributed by atoms with E-state index in [2.05, 4.69) is 5.32 Å². The summed E-state index contributed by atoms with van der Waals surface area (Å²) in [5.74, 6) is 1.19. The zero-order chi connectivity index (χ0) is 20.6. The topological polar surface area (TPSA) is 56.8 Å². The number of carbonyl (C=O) groups excluding carboxylic acids is 1. The number of halogens is 1. The average Bonchev–Trinajstić information content (AvgIpc) is 2.75. The molecule has 1 N–H and O–H groups in total. The molecule has 3 rings (SSSR count). The van der Waals surface area contributed by atoms with Crippen LogP contribution in [0, 0.1) is 5.82 Å². The smallest absolute Gasteiger partial charge is 0.255 e. The largest absolute Gasteiger partial charge is 0.493 e. The van der Waals surface area contributed by atoms with Crippen LogP contribution in [0.25, 0.3) is 0 Å². The molecule has 1 amide bonds. The van der Waals surface area contributed by atoms with E-state index in [1.54, 1.807) is 25.3 Å². The van der Waals surface area contributed by atoms with Crippen LogP contribution in [0.3, 0.4) is 0 Å². The Morgan fingerprint density at radius 2 is 1.66 bits per heavy atom. The van der Waals surface area contributed by atoms with Crippen molar-refractivity contribution in [3.8, 4) is 17.2 Å². The Hall–Kier alpha value is -3.54. The van der Waals surface area contributed by atoms with Gasteiger partial charge < -0.3 is 19.5 Å². The molecule has 0 unspecified atom stereocenters. The highest BCUT2D eigenvalue weighted by molar-refractivity contribution is 6.04. The van der Waals surface area contributed by atoms with Gasteiger partial charge in [-0.2, -0.15) is 0 Å². The highest BCUT2D eigenvalue weighted by atomic mass is 19.1. The SMILES string of the molecule is CCOc1ccc(C(=O)Nc2ccc(F)cc2)cc1COc1ccccc1OC. The second kappa shape index (κ2) is 9.59. The van der Waals surface area contributed by atoms with Gasteiger partial charge in [0, 0.05) is 16.8 Å². The molecule has 0 spiro atoms. The van der Waals surface area contributed by atoms with E-state index >= 15 is 0 Å². The molecule has 0 radical (unpaired) electrons. The van der Waals surface area contributed by atoms with Crippen LogP contribution in [0.2, 0.25) is 0 Å². The second-order valence-corrected chi connectivity index (χ2v) is 6.16. The summed E-state index contributed by atoms with van der Waals surface area (Å²) >= 11 is 0. The van der Waals surface area contributed by atoms with Gasteiger partial charge in [0.2, 0.25) is 0 Å². The summed E-state index contributed by atoms with van der Waals surface area (Å²) in [5, 5.41) is 2.75. The Balaban J connectivity index is 1.79. The summed E-state index contributed by atoms with van der Waals surface area (Å²) in [4.78, 5) is 12.6. The fourth-order valence-electron chi connectivity index (χ4n) is 2.76. The lowest BCUT2D eigenvalue weighted by Crippen LogP contribution is -2.13. The summed E-state index contributed by atoms with van der Waals surface area (Å²) < 4.78 is 29.9. The van der Waals surface area contributed by atoms with E-state index < -0.39 is 0 Å². The quantitative estimate of drug-likeness (QED) is 0.579. The van der Waals surface area contributed by atoms with Crippen molar-refractivity contribution in [3.05, 3.63) is 83.7 Å². The molecule has 3 aromatic rings. The van der Waals surface area contributed by atoms with Gasteiger partial charge in [-0.3, -0.25) is 4.79 Å². The van der Waals surface area contributed by atoms with Crippen molar-refractivity contribution < 1.29 is 23.4 Å². The normalized spacial score (nSPS) is 10.3. The second-order valence-electron chi connectivity index (χ2n) is 6.16. The molecular formula is C23H22FNO4. The van der Waals surface area contributed by atoms with Gasteiger partial charge in [0.05, 0.1) is 13.7 Å². The Morgan fingerprint density at radius 3 is 2.34 bits per heavy atom. The van der Waals surface area contributed by atoms with E-state index in [1.165, 1.54) is 24.3 Å². The van der Waals surface area contributed by atoms with Crippen LogP contribution in [-0.2, 0) is 6.61 Å². The number of carbonyl (C=O) groups is 1. The fourth-order valence-corrected chi connectivity index (χ4v) is 2.76. The highest BCUT2D eigenvalue weighted by Crippen LogP contribution is 2.29. The molecule has 0 bridgehead atoms. The van der Waals surface area contributed by atoms with E-state index in [0.717, 1.165) is 5.56 Å². The van der Waals surface area contributed by atoms with Gasteiger partial charge in [-0.25, -0.2) is 4.39 Å². The van der Waals surface area contributed by atoms with E-state index in [0.29, 0.717) is 35.1 Å². The maximum atomic E-state index is 13.0. The molecule has 0 aliphatic carbocycles. The average molecular weight is 395 g/mol. The number of hydrogen-bond donors (Lipinski definition) is 1. The van der Waals surface area contributed by atoms with Gasteiger partial charge in [0.15, 0.2) is 11.5 Å². The number of para-hydroxylation sites is 2. The Labute approximate surface area is 169 Å². The van der Waals surface area contributed by atoms with Crippen LogP contribution >= 0.6 is 0 Å². The van der Waals surface area contributed by atoms with Crippen LogP contribution in [0.1, 0.15) is 22.8 Å². The van der Waals surface area contributed by atoms with Crippen molar-refractivity contribution >= 4 is 11.6 Å². The Morgan fingerprint density at radius 1 is 0.931 bits per heavy atom. The number of methoxy groups -OCH3 is 1. The molecule has 29 heavy (non-hydrogen) atoms. The lowest BCUT2D eigenvalue weighted by atomic mass is 10.1. The molecule has 0 aliphatic rings. The van der Waals surface area contributed by atoms with Gasteiger partial charge in [-0.05, 0) is 61.5 Å². The van der Waals surface area contributed by atoms with Gasteiger partial charge in [0.25, 0.3) is 5.91 Å². The van der Waals surface area contributed by atoms with Gasteiger partial charge in [0.1, 0.15) is 18.2 Å². The minimum Gasteiger partial charge on any atom is -0.493 e. The molecule has 3 aromatic carbocycles. The first-order chi connectivity index (χ1) is 14.1. The van der Waals surface area contributed by atoms with E-state index in [4.69, 9.17) is 14.2 Å².